The first-order valence-electron chi connectivity index (χ1n) is 8.83. The van der Waals surface area contributed by atoms with Crippen molar-refractivity contribution in [3.8, 4) is 0 Å². The number of nitrogens with one attached hydrogen (secondary N) is 1. The molecule has 1 unspecified atom stereocenters. The summed E-state index contributed by atoms with van der Waals surface area (Å²) in [6.07, 6.45) is 7.27. The van der Waals surface area contributed by atoms with Gasteiger partial charge in [0.2, 0.25) is 0 Å². The zero-order valence-electron chi connectivity index (χ0n) is 14.5. The van der Waals surface area contributed by atoms with Crippen LogP contribution in [0, 0.1) is 0 Å². The van der Waals surface area contributed by atoms with Crippen molar-refractivity contribution in [3.63, 3.8) is 0 Å². The molecule has 0 bridgehead atoms. The van der Waals surface area contributed by atoms with Crippen molar-refractivity contribution >= 4 is 50.2 Å². The molecule has 1 aliphatic rings. The smallest absolute Gasteiger partial charge is 0.176 e. The summed E-state index contributed by atoms with van der Waals surface area (Å²) in [5.41, 5.74) is 3.28. The minimum absolute atomic E-state index is 0.314. The van der Waals surface area contributed by atoms with E-state index < -0.39 is 0 Å². The normalized spacial score (nSPS) is 18.0. The zero-order valence-corrected chi connectivity index (χ0v) is 16.1. The van der Waals surface area contributed by atoms with Gasteiger partial charge in [0.1, 0.15) is 11.0 Å². The van der Waals surface area contributed by atoms with E-state index in [4.69, 9.17) is 0 Å². The second-order valence-electron chi connectivity index (χ2n) is 6.55. The fourth-order valence-corrected chi connectivity index (χ4v) is 5.32. The van der Waals surface area contributed by atoms with Crippen LogP contribution in [0.15, 0.2) is 41.0 Å². The van der Waals surface area contributed by atoms with Crippen molar-refractivity contribution in [2.24, 2.45) is 0 Å². The molecule has 4 heterocycles. The number of aromatic nitrogens is 4. The average Bonchev–Trinajstić information content (AvgIpc) is 3.31. The second-order valence-corrected chi connectivity index (χ2v) is 8.60. The predicted molar refractivity (Wildman–Crippen MR) is 109 cm³/mol. The third kappa shape index (κ3) is 2.66. The third-order valence-electron chi connectivity index (χ3n) is 5.01. The molecule has 0 saturated carbocycles. The molecule has 5 rings (SSSR count). The number of nitrogens with zero attached hydrogens (tertiary/aromatic N) is 4. The standard InChI is InChI=1S/C19H19N5S2/c1-25-19-23-17-16(26-19)18(21-11-20-17)24-9-5-4-8-15(24)14-10-12-6-2-3-7-13(12)22-14/h2-3,6-7,10-11,15,22H,4-5,8-9H2,1H3. The van der Waals surface area contributed by atoms with Crippen LogP contribution in [0.3, 0.4) is 0 Å². The summed E-state index contributed by atoms with van der Waals surface area (Å²) in [6.45, 7) is 1.01. The number of para-hydroxylation sites is 1. The number of rotatable bonds is 3. The number of aromatic amines is 1. The number of anilines is 1. The maximum Gasteiger partial charge on any atom is 0.176 e. The van der Waals surface area contributed by atoms with Gasteiger partial charge in [-0.2, -0.15) is 0 Å². The van der Waals surface area contributed by atoms with E-state index in [2.05, 4.69) is 61.4 Å². The molecular formula is C19H19N5S2. The molecule has 1 atom stereocenters. The van der Waals surface area contributed by atoms with Gasteiger partial charge < -0.3 is 9.88 Å². The molecule has 3 aromatic heterocycles. The van der Waals surface area contributed by atoms with Gasteiger partial charge in [0, 0.05) is 17.8 Å². The summed E-state index contributed by atoms with van der Waals surface area (Å²) >= 11 is 3.36. The lowest BCUT2D eigenvalue weighted by atomic mass is 9.99. The Morgan fingerprint density at radius 2 is 2.15 bits per heavy atom. The van der Waals surface area contributed by atoms with Gasteiger partial charge in [0.05, 0.1) is 6.04 Å². The van der Waals surface area contributed by atoms with E-state index in [1.54, 1.807) is 29.4 Å². The molecule has 0 aliphatic carbocycles. The molecule has 1 saturated heterocycles. The highest BCUT2D eigenvalue weighted by molar-refractivity contribution is 8.00. The number of benzene rings is 1. The molecule has 26 heavy (non-hydrogen) atoms. The fraction of sp³-hybridized carbons (Fsp3) is 0.316. The summed E-state index contributed by atoms with van der Waals surface area (Å²) in [5, 5.41) is 1.27. The van der Waals surface area contributed by atoms with Crippen LogP contribution in [-0.2, 0) is 0 Å². The van der Waals surface area contributed by atoms with Crippen molar-refractivity contribution in [2.45, 2.75) is 29.6 Å². The van der Waals surface area contributed by atoms with E-state index in [1.807, 2.05) is 0 Å². The van der Waals surface area contributed by atoms with E-state index in [1.165, 1.54) is 29.4 Å². The molecule has 0 amide bonds. The van der Waals surface area contributed by atoms with Gasteiger partial charge in [0.25, 0.3) is 0 Å². The van der Waals surface area contributed by atoms with Crippen molar-refractivity contribution in [3.05, 3.63) is 42.4 Å². The molecule has 0 radical (unpaired) electrons. The number of hydrogen-bond donors (Lipinski definition) is 1. The summed E-state index contributed by atoms with van der Waals surface area (Å²) < 4.78 is 2.14. The summed E-state index contributed by atoms with van der Waals surface area (Å²) in [6, 6.07) is 11.1. The average molecular weight is 382 g/mol. The first-order valence-corrected chi connectivity index (χ1v) is 10.9. The third-order valence-corrected chi connectivity index (χ3v) is 7.04. The Bertz CT molecular complexity index is 1040. The van der Waals surface area contributed by atoms with E-state index in [0.717, 1.165) is 33.5 Å². The van der Waals surface area contributed by atoms with Crippen LogP contribution in [0.4, 0.5) is 5.82 Å². The SMILES string of the molecule is CSc1nc2ncnc(N3CCCCC3c3cc4ccccc4[nH]3)c2s1. The number of H-pyrrole nitrogens is 1. The quantitative estimate of drug-likeness (QED) is 0.505. The minimum atomic E-state index is 0.314. The van der Waals surface area contributed by atoms with E-state index in [-0.39, 0.29) is 0 Å². The predicted octanol–water partition coefficient (Wildman–Crippen LogP) is 5.02. The molecule has 1 aromatic carbocycles. The van der Waals surface area contributed by atoms with Crippen LogP contribution in [-0.4, -0.2) is 32.7 Å². The van der Waals surface area contributed by atoms with Crippen molar-refractivity contribution < 1.29 is 0 Å². The summed E-state index contributed by atoms with van der Waals surface area (Å²) in [5.74, 6) is 1.02. The van der Waals surface area contributed by atoms with Crippen LogP contribution < -0.4 is 4.90 Å². The Hall–Kier alpha value is -2.12. The maximum atomic E-state index is 4.67. The monoisotopic (exact) mass is 381 g/mol. The first kappa shape index (κ1) is 16.1. The number of thioether (sulfide) groups is 1. The lowest BCUT2D eigenvalue weighted by Gasteiger charge is -2.36. The van der Waals surface area contributed by atoms with Gasteiger partial charge in [-0.15, -0.1) is 11.3 Å². The molecule has 1 N–H and O–H groups in total. The molecule has 7 heteroatoms. The lowest BCUT2D eigenvalue weighted by molar-refractivity contribution is 0.465. The highest BCUT2D eigenvalue weighted by Crippen LogP contribution is 2.40. The Kier molecular flexibility index (Phi) is 4.05. The van der Waals surface area contributed by atoms with Crippen LogP contribution in [0.5, 0.6) is 0 Å². The van der Waals surface area contributed by atoms with Gasteiger partial charge >= 0.3 is 0 Å². The Labute approximate surface area is 159 Å². The van der Waals surface area contributed by atoms with Crippen molar-refractivity contribution in [1.82, 2.24) is 19.9 Å². The van der Waals surface area contributed by atoms with Gasteiger partial charge in [-0.25, -0.2) is 15.0 Å². The molecule has 0 spiro atoms. The van der Waals surface area contributed by atoms with Crippen LogP contribution >= 0.6 is 23.1 Å². The topological polar surface area (TPSA) is 57.7 Å². The number of piperidine rings is 1. The molecule has 132 valence electrons. The molecule has 4 aromatic rings. The van der Waals surface area contributed by atoms with Crippen LogP contribution in [0.1, 0.15) is 31.0 Å². The van der Waals surface area contributed by atoms with Crippen LogP contribution in [0.25, 0.3) is 21.3 Å². The Morgan fingerprint density at radius 3 is 3.04 bits per heavy atom. The van der Waals surface area contributed by atoms with E-state index in [9.17, 15) is 0 Å². The van der Waals surface area contributed by atoms with Crippen molar-refractivity contribution in [1.29, 1.82) is 0 Å². The first-order chi connectivity index (χ1) is 12.8. The number of hydrogen-bond acceptors (Lipinski definition) is 6. The zero-order chi connectivity index (χ0) is 17.5. The molecular weight excluding hydrogens is 362 g/mol. The van der Waals surface area contributed by atoms with Crippen molar-refractivity contribution in [2.75, 3.05) is 17.7 Å². The van der Waals surface area contributed by atoms with Crippen LogP contribution in [0.2, 0.25) is 0 Å². The van der Waals surface area contributed by atoms with Gasteiger partial charge in [-0.3, -0.25) is 0 Å². The number of fused-ring (bicyclic) bond motifs is 2. The highest BCUT2D eigenvalue weighted by atomic mass is 32.2. The summed E-state index contributed by atoms with van der Waals surface area (Å²) in [4.78, 5) is 19.7. The minimum Gasteiger partial charge on any atom is -0.357 e. The second kappa shape index (κ2) is 6.55. The molecule has 1 aliphatic heterocycles. The Morgan fingerprint density at radius 1 is 1.23 bits per heavy atom. The maximum absolute atomic E-state index is 4.67. The van der Waals surface area contributed by atoms with Gasteiger partial charge in [-0.1, -0.05) is 30.0 Å². The largest absolute Gasteiger partial charge is 0.357 e. The van der Waals surface area contributed by atoms with E-state index in [0.29, 0.717) is 6.04 Å². The highest BCUT2D eigenvalue weighted by Gasteiger charge is 2.28. The number of thiazole rings is 1. The Balaban J connectivity index is 1.61. The molecule has 1 fully saturated rings. The van der Waals surface area contributed by atoms with E-state index >= 15 is 0 Å². The van der Waals surface area contributed by atoms with Gasteiger partial charge in [0.15, 0.2) is 15.8 Å². The fourth-order valence-electron chi connectivity index (χ4n) is 3.80. The summed E-state index contributed by atoms with van der Waals surface area (Å²) in [7, 11) is 0. The molecule has 5 nitrogen and oxygen atoms in total. The lowest BCUT2D eigenvalue weighted by Crippen LogP contribution is -2.34. The van der Waals surface area contributed by atoms with Gasteiger partial charge in [-0.05, 0) is 43.0 Å².